The lowest BCUT2D eigenvalue weighted by molar-refractivity contribution is 0.0303. The van der Waals surface area contributed by atoms with Crippen molar-refractivity contribution in [2.24, 2.45) is 0 Å². The number of carbonyl (C=O) groups excluding carboxylic acids is 1. The van der Waals surface area contributed by atoms with E-state index in [1.807, 2.05) is 41.3 Å². The van der Waals surface area contributed by atoms with Gasteiger partial charge < -0.3 is 14.4 Å². The molecule has 3 heterocycles. The number of fused-ring (bicyclic) bond motifs is 5. The summed E-state index contributed by atoms with van der Waals surface area (Å²) in [5.74, 6) is 0.0381. The molecule has 1 saturated heterocycles. The minimum absolute atomic E-state index is 0.0381. The number of hydrogen-bond donors (Lipinski definition) is 1. The van der Waals surface area contributed by atoms with E-state index < -0.39 is 0 Å². The largest absolute Gasteiger partial charge is 0.378 e. The molecule has 0 spiro atoms. The fourth-order valence-electron chi connectivity index (χ4n) is 3.53. The number of aromatic nitrogens is 1. The van der Waals surface area contributed by atoms with Crippen LogP contribution in [0, 0.1) is 0 Å². The molecular weight excluding hydrogens is 382 g/mol. The number of nitrogens with one attached hydrogen (secondary N) is 1. The topological polar surface area (TPSA) is 54.5 Å². The maximum absolute atomic E-state index is 12.9. The lowest BCUT2D eigenvalue weighted by Crippen LogP contribution is -2.40. The van der Waals surface area contributed by atoms with Crippen LogP contribution in [0.4, 0.5) is 5.69 Å². The highest BCUT2D eigenvalue weighted by Crippen LogP contribution is 2.47. The van der Waals surface area contributed by atoms with Gasteiger partial charge in [0.05, 0.1) is 29.4 Å². The van der Waals surface area contributed by atoms with Gasteiger partial charge >= 0.3 is 0 Å². The number of ether oxygens (including phenoxy) is 1. The van der Waals surface area contributed by atoms with Crippen molar-refractivity contribution in [3.05, 3.63) is 53.2 Å². The van der Waals surface area contributed by atoms with E-state index in [1.165, 1.54) is 11.9 Å². The van der Waals surface area contributed by atoms with Gasteiger partial charge in [-0.05, 0) is 48.3 Å². The van der Waals surface area contributed by atoms with Crippen molar-refractivity contribution in [2.45, 2.75) is 4.90 Å². The molecule has 0 saturated carbocycles. The van der Waals surface area contributed by atoms with Gasteiger partial charge in [-0.15, -0.1) is 0 Å². The second-order valence-electron chi connectivity index (χ2n) is 6.50. The van der Waals surface area contributed by atoms with Crippen molar-refractivity contribution in [1.82, 2.24) is 9.88 Å². The first-order valence-electron chi connectivity index (χ1n) is 8.74. The van der Waals surface area contributed by atoms with Crippen molar-refractivity contribution >= 4 is 46.0 Å². The van der Waals surface area contributed by atoms with Crippen LogP contribution in [-0.2, 0) is 4.74 Å². The van der Waals surface area contributed by atoms with Crippen LogP contribution in [0.2, 0.25) is 5.02 Å². The molecular formula is C20H16ClN3O2S. The molecule has 2 aliphatic heterocycles. The number of morpholine rings is 1. The van der Waals surface area contributed by atoms with E-state index in [4.69, 9.17) is 16.3 Å². The van der Waals surface area contributed by atoms with Gasteiger partial charge in [0.1, 0.15) is 0 Å². The van der Waals surface area contributed by atoms with Gasteiger partial charge in [0.25, 0.3) is 5.91 Å². The second-order valence-corrected chi connectivity index (χ2v) is 7.76. The first-order chi connectivity index (χ1) is 13.2. The molecule has 2 aromatic carbocycles. The van der Waals surface area contributed by atoms with Crippen LogP contribution in [0.3, 0.4) is 0 Å². The Morgan fingerprint density at radius 1 is 1.19 bits per heavy atom. The highest BCUT2D eigenvalue weighted by atomic mass is 35.5. The fourth-order valence-corrected chi connectivity index (χ4v) is 4.63. The summed E-state index contributed by atoms with van der Waals surface area (Å²) < 4.78 is 8.73. The summed E-state index contributed by atoms with van der Waals surface area (Å²) in [6.07, 6.45) is 1.76. The average molecular weight is 398 g/mol. The maximum atomic E-state index is 12.9. The second kappa shape index (κ2) is 6.71. The monoisotopic (exact) mass is 397 g/mol. The number of carbonyl (C=O) groups is 1. The molecule has 0 aliphatic carbocycles. The molecule has 136 valence electrons. The zero-order chi connectivity index (χ0) is 18.4. The summed E-state index contributed by atoms with van der Waals surface area (Å²) in [6, 6.07) is 11.6. The van der Waals surface area contributed by atoms with E-state index in [1.54, 1.807) is 6.20 Å². The molecule has 1 N–H and O–H groups in total. The van der Waals surface area contributed by atoms with Crippen molar-refractivity contribution < 1.29 is 9.53 Å². The molecule has 1 aromatic heterocycles. The molecule has 1 amide bonds. The van der Waals surface area contributed by atoms with Gasteiger partial charge in [-0.3, -0.25) is 9.78 Å². The van der Waals surface area contributed by atoms with E-state index in [2.05, 4.69) is 9.71 Å². The summed E-state index contributed by atoms with van der Waals surface area (Å²) in [5, 5.41) is 1.57. The van der Waals surface area contributed by atoms with E-state index in [0.717, 1.165) is 32.6 Å². The van der Waals surface area contributed by atoms with E-state index in [0.29, 0.717) is 36.9 Å². The Hall–Kier alpha value is -2.28. The Morgan fingerprint density at radius 3 is 2.89 bits per heavy atom. The van der Waals surface area contributed by atoms with Crippen LogP contribution < -0.4 is 4.72 Å². The molecule has 3 aromatic rings. The zero-order valence-corrected chi connectivity index (χ0v) is 15.9. The average Bonchev–Trinajstić information content (AvgIpc) is 2.73. The van der Waals surface area contributed by atoms with E-state index >= 15 is 0 Å². The van der Waals surface area contributed by atoms with Crippen molar-refractivity contribution in [3.8, 4) is 11.1 Å². The van der Waals surface area contributed by atoms with Crippen LogP contribution in [0.15, 0.2) is 47.5 Å². The van der Waals surface area contributed by atoms with Crippen LogP contribution in [0.25, 0.3) is 22.0 Å². The number of amides is 1. The number of rotatable bonds is 1. The maximum Gasteiger partial charge on any atom is 0.254 e. The third-order valence-corrected chi connectivity index (χ3v) is 6.12. The van der Waals surface area contributed by atoms with Crippen LogP contribution in [-0.4, -0.2) is 42.1 Å². The normalized spacial score (nSPS) is 15.8. The zero-order valence-electron chi connectivity index (χ0n) is 14.4. The molecule has 2 aliphatic rings. The fraction of sp³-hybridized carbons (Fsp3) is 0.200. The smallest absolute Gasteiger partial charge is 0.254 e. The summed E-state index contributed by atoms with van der Waals surface area (Å²) in [6.45, 7) is 2.44. The van der Waals surface area contributed by atoms with Gasteiger partial charge in [-0.1, -0.05) is 11.6 Å². The summed E-state index contributed by atoms with van der Waals surface area (Å²) in [5.41, 5.74) is 4.42. The molecule has 0 unspecified atom stereocenters. The number of hydrogen-bond acceptors (Lipinski definition) is 5. The molecule has 0 bridgehead atoms. The summed E-state index contributed by atoms with van der Waals surface area (Å²) >= 11 is 8.05. The number of nitrogens with zero attached hydrogens (tertiary/aromatic N) is 2. The Morgan fingerprint density at radius 2 is 2.04 bits per heavy atom. The third kappa shape index (κ3) is 2.84. The standard InChI is InChI=1S/C20H16ClN3O2S/c21-16-11-15-14-10-12(20(25)24-6-8-26-9-7-24)3-4-17(14)27-23-19(15)18-13(16)2-1-5-22-18/h1-5,10-11,23H,6-9H2. The lowest BCUT2D eigenvalue weighted by Gasteiger charge is -2.28. The summed E-state index contributed by atoms with van der Waals surface area (Å²) in [7, 11) is 0. The van der Waals surface area contributed by atoms with Crippen molar-refractivity contribution in [1.29, 1.82) is 0 Å². The first kappa shape index (κ1) is 16.9. The number of pyridine rings is 1. The van der Waals surface area contributed by atoms with Gasteiger partial charge in [0.2, 0.25) is 0 Å². The number of benzene rings is 2. The SMILES string of the molecule is O=C(c1ccc2c(c1)-c1cc(Cl)c3cccnc3c1NS2)N1CCOCC1. The predicted octanol–water partition coefficient (Wildman–Crippen LogP) is 4.46. The van der Waals surface area contributed by atoms with Gasteiger partial charge in [-0.25, -0.2) is 0 Å². The van der Waals surface area contributed by atoms with E-state index in [9.17, 15) is 4.79 Å². The molecule has 7 heteroatoms. The summed E-state index contributed by atoms with van der Waals surface area (Å²) in [4.78, 5) is 20.3. The van der Waals surface area contributed by atoms with Crippen LogP contribution >= 0.6 is 23.5 Å². The van der Waals surface area contributed by atoms with Crippen molar-refractivity contribution in [3.63, 3.8) is 0 Å². The quantitative estimate of drug-likeness (QED) is 0.614. The Balaban J connectivity index is 1.63. The Kier molecular flexibility index (Phi) is 4.19. The van der Waals surface area contributed by atoms with Crippen LogP contribution in [0.1, 0.15) is 10.4 Å². The third-order valence-electron chi connectivity index (χ3n) is 4.92. The van der Waals surface area contributed by atoms with Gasteiger partial charge in [0.15, 0.2) is 0 Å². The molecule has 5 rings (SSSR count). The molecule has 5 nitrogen and oxygen atoms in total. The minimum Gasteiger partial charge on any atom is -0.378 e. The molecule has 0 atom stereocenters. The predicted molar refractivity (Wildman–Crippen MR) is 108 cm³/mol. The van der Waals surface area contributed by atoms with Gasteiger partial charge in [-0.2, -0.15) is 0 Å². The van der Waals surface area contributed by atoms with E-state index in [-0.39, 0.29) is 5.91 Å². The lowest BCUT2D eigenvalue weighted by atomic mass is 9.98. The minimum atomic E-state index is 0.0381. The highest BCUT2D eigenvalue weighted by molar-refractivity contribution is 8.00. The van der Waals surface area contributed by atoms with Gasteiger partial charge in [0, 0.05) is 46.3 Å². The molecule has 1 fully saturated rings. The highest BCUT2D eigenvalue weighted by Gasteiger charge is 2.24. The Labute approximate surface area is 165 Å². The molecule has 0 radical (unpaired) electrons. The van der Waals surface area contributed by atoms with Crippen LogP contribution in [0.5, 0.6) is 0 Å². The molecule has 27 heavy (non-hydrogen) atoms. The number of halogens is 1. The Bertz CT molecular complexity index is 1070. The van der Waals surface area contributed by atoms with Crippen molar-refractivity contribution in [2.75, 3.05) is 31.0 Å². The first-order valence-corrected chi connectivity index (χ1v) is 9.93. The number of anilines is 1.